The first-order valence-corrected chi connectivity index (χ1v) is 3.46. The van der Waals surface area contributed by atoms with Crippen LogP contribution in [0.3, 0.4) is 0 Å². The Bertz CT molecular complexity index is 228. The zero-order chi connectivity index (χ0) is 8.10. The van der Waals surface area contributed by atoms with Crippen LogP contribution < -0.4 is 0 Å². The van der Waals surface area contributed by atoms with Gasteiger partial charge in [-0.3, -0.25) is 0 Å². The van der Waals surface area contributed by atoms with E-state index in [1.807, 2.05) is 24.3 Å². The normalized spacial score (nSPS) is 9.18. The standard InChI is InChI=1S/C9H11NO/c1-8-3-5-9(6-4-8)7-11-10-2/h3-6H,2,7H2,1H3. The SMILES string of the molecule is C=NOCc1ccc(C)cc1. The monoisotopic (exact) mass is 149 g/mol. The van der Waals surface area contributed by atoms with Crippen LogP contribution in [0.15, 0.2) is 29.4 Å². The van der Waals surface area contributed by atoms with Gasteiger partial charge in [-0.15, -0.1) is 5.16 Å². The topological polar surface area (TPSA) is 21.6 Å². The van der Waals surface area contributed by atoms with Gasteiger partial charge in [0.05, 0.1) is 0 Å². The van der Waals surface area contributed by atoms with Crippen LogP contribution in [-0.2, 0) is 11.4 Å². The van der Waals surface area contributed by atoms with E-state index in [-0.39, 0.29) is 0 Å². The summed E-state index contributed by atoms with van der Waals surface area (Å²) >= 11 is 0. The highest BCUT2D eigenvalue weighted by molar-refractivity contribution is 5.22. The van der Waals surface area contributed by atoms with Crippen molar-refractivity contribution in [2.75, 3.05) is 0 Å². The van der Waals surface area contributed by atoms with Gasteiger partial charge in [-0.1, -0.05) is 29.8 Å². The molecule has 2 nitrogen and oxygen atoms in total. The Labute approximate surface area is 66.5 Å². The molecule has 1 aromatic rings. The van der Waals surface area contributed by atoms with E-state index in [0.29, 0.717) is 6.61 Å². The average molecular weight is 149 g/mol. The summed E-state index contributed by atoms with van der Waals surface area (Å²) in [5.74, 6) is 0. The molecule has 11 heavy (non-hydrogen) atoms. The molecular formula is C9H11NO. The second-order valence-electron chi connectivity index (χ2n) is 2.39. The summed E-state index contributed by atoms with van der Waals surface area (Å²) in [6, 6.07) is 8.12. The number of hydrogen-bond donors (Lipinski definition) is 0. The van der Waals surface area contributed by atoms with Gasteiger partial charge in [-0.2, -0.15) is 0 Å². The lowest BCUT2D eigenvalue weighted by molar-refractivity contribution is 0.133. The summed E-state index contributed by atoms with van der Waals surface area (Å²) in [6.07, 6.45) is 0. The Hall–Kier alpha value is -1.31. The van der Waals surface area contributed by atoms with Crippen molar-refractivity contribution in [3.05, 3.63) is 35.4 Å². The van der Waals surface area contributed by atoms with Gasteiger partial charge in [-0.05, 0) is 12.5 Å². The van der Waals surface area contributed by atoms with Gasteiger partial charge in [0.15, 0.2) is 0 Å². The smallest absolute Gasteiger partial charge is 0.142 e. The number of hydrogen-bond acceptors (Lipinski definition) is 2. The van der Waals surface area contributed by atoms with Crippen molar-refractivity contribution < 1.29 is 4.84 Å². The Balaban J connectivity index is 2.58. The summed E-state index contributed by atoms with van der Waals surface area (Å²) in [7, 11) is 0. The van der Waals surface area contributed by atoms with Gasteiger partial charge < -0.3 is 4.84 Å². The molecule has 0 spiro atoms. The molecule has 0 unspecified atom stereocenters. The zero-order valence-electron chi connectivity index (χ0n) is 6.58. The van der Waals surface area contributed by atoms with Gasteiger partial charge >= 0.3 is 0 Å². The first-order valence-electron chi connectivity index (χ1n) is 3.46. The minimum absolute atomic E-state index is 0.504. The van der Waals surface area contributed by atoms with Crippen molar-refractivity contribution in [1.29, 1.82) is 0 Å². The van der Waals surface area contributed by atoms with Crippen LogP contribution in [0.5, 0.6) is 0 Å². The Kier molecular flexibility index (Phi) is 2.66. The van der Waals surface area contributed by atoms with Crippen molar-refractivity contribution in [3.63, 3.8) is 0 Å². The summed E-state index contributed by atoms with van der Waals surface area (Å²) in [5, 5.41) is 3.30. The van der Waals surface area contributed by atoms with Crippen molar-refractivity contribution in [1.82, 2.24) is 0 Å². The summed E-state index contributed by atoms with van der Waals surface area (Å²) < 4.78 is 0. The largest absolute Gasteiger partial charge is 0.391 e. The highest BCUT2D eigenvalue weighted by atomic mass is 16.6. The zero-order valence-corrected chi connectivity index (χ0v) is 6.58. The quantitative estimate of drug-likeness (QED) is 0.476. The first kappa shape index (κ1) is 7.79. The van der Waals surface area contributed by atoms with Crippen LogP contribution in [0.1, 0.15) is 11.1 Å². The minimum Gasteiger partial charge on any atom is -0.391 e. The van der Waals surface area contributed by atoms with Crippen LogP contribution in [0.2, 0.25) is 0 Å². The molecule has 2 heteroatoms. The third-order valence-electron chi connectivity index (χ3n) is 1.44. The molecular weight excluding hydrogens is 138 g/mol. The van der Waals surface area contributed by atoms with Crippen molar-refractivity contribution in [2.45, 2.75) is 13.5 Å². The third-order valence-corrected chi connectivity index (χ3v) is 1.44. The van der Waals surface area contributed by atoms with Crippen molar-refractivity contribution in [2.24, 2.45) is 5.16 Å². The number of nitrogens with zero attached hydrogens (tertiary/aromatic N) is 1. The van der Waals surface area contributed by atoms with E-state index in [1.54, 1.807) is 0 Å². The van der Waals surface area contributed by atoms with E-state index in [4.69, 9.17) is 4.84 Å². The predicted molar refractivity (Wildman–Crippen MR) is 45.5 cm³/mol. The maximum absolute atomic E-state index is 4.77. The average Bonchev–Trinajstić information content (AvgIpc) is 2.04. The highest BCUT2D eigenvalue weighted by Gasteiger charge is 1.90. The molecule has 58 valence electrons. The van der Waals surface area contributed by atoms with E-state index in [9.17, 15) is 0 Å². The van der Waals surface area contributed by atoms with Gasteiger partial charge in [0.2, 0.25) is 0 Å². The lowest BCUT2D eigenvalue weighted by Crippen LogP contribution is -1.85. The Morgan fingerprint density at radius 3 is 2.55 bits per heavy atom. The van der Waals surface area contributed by atoms with E-state index in [0.717, 1.165) is 5.56 Å². The second-order valence-corrected chi connectivity index (χ2v) is 2.39. The number of oxime groups is 1. The number of benzene rings is 1. The van der Waals surface area contributed by atoms with E-state index in [1.165, 1.54) is 5.56 Å². The van der Waals surface area contributed by atoms with Crippen LogP contribution in [0.25, 0.3) is 0 Å². The van der Waals surface area contributed by atoms with Crippen LogP contribution in [0, 0.1) is 6.92 Å². The van der Waals surface area contributed by atoms with Gasteiger partial charge in [0, 0.05) is 6.72 Å². The molecule has 0 radical (unpaired) electrons. The third kappa shape index (κ3) is 2.42. The highest BCUT2D eigenvalue weighted by Crippen LogP contribution is 2.03. The molecule has 0 N–H and O–H groups in total. The molecule has 0 saturated carbocycles. The van der Waals surface area contributed by atoms with Crippen LogP contribution in [-0.4, -0.2) is 6.72 Å². The molecule has 0 heterocycles. The van der Waals surface area contributed by atoms with Gasteiger partial charge in [0.25, 0.3) is 0 Å². The molecule has 0 saturated heterocycles. The minimum atomic E-state index is 0.504. The molecule has 0 fully saturated rings. The molecule has 0 aliphatic heterocycles. The van der Waals surface area contributed by atoms with Crippen LogP contribution >= 0.6 is 0 Å². The molecule has 0 bridgehead atoms. The summed E-state index contributed by atoms with van der Waals surface area (Å²) in [6.45, 7) is 5.78. The van der Waals surface area contributed by atoms with Gasteiger partial charge in [-0.25, -0.2) is 0 Å². The maximum Gasteiger partial charge on any atom is 0.142 e. The molecule has 0 atom stereocenters. The van der Waals surface area contributed by atoms with E-state index >= 15 is 0 Å². The lowest BCUT2D eigenvalue weighted by atomic mass is 10.2. The summed E-state index contributed by atoms with van der Waals surface area (Å²) in [4.78, 5) is 4.77. The number of aryl methyl sites for hydroxylation is 1. The maximum atomic E-state index is 4.77. The molecule has 0 aliphatic carbocycles. The second kappa shape index (κ2) is 3.76. The van der Waals surface area contributed by atoms with Gasteiger partial charge in [0.1, 0.15) is 6.61 Å². The molecule has 1 aromatic carbocycles. The fraction of sp³-hybridized carbons (Fsp3) is 0.222. The van der Waals surface area contributed by atoms with E-state index in [2.05, 4.69) is 18.8 Å². The lowest BCUT2D eigenvalue weighted by Gasteiger charge is -1.98. The molecule has 0 aromatic heterocycles. The Morgan fingerprint density at radius 2 is 2.00 bits per heavy atom. The Morgan fingerprint density at radius 1 is 1.36 bits per heavy atom. The summed E-state index contributed by atoms with van der Waals surface area (Å²) in [5.41, 5.74) is 2.36. The van der Waals surface area contributed by atoms with Crippen LogP contribution in [0.4, 0.5) is 0 Å². The number of rotatable bonds is 3. The molecule has 0 amide bonds. The van der Waals surface area contributed by atoms with Crippen molar-refractivity contribution in [3.8, 4) is 0 Å². The van der Waals surface area contributed by atoms with E-state index < -0.39 is 0 Å². The predicted octanol–water partition coefficient (Wildman–Crippen LogP) is 2.13. The first-order chi connectivity index (χ1) is 5.33. The fourth-order valence-corrected chi connectivity index (χ4v) is 0.804. The molecule has 0 aliphatic rings. The molecule has 1 rings (SSSR count). The van der Waals surface area contributed by atoms with Crippen molar-refractivity contribution >= 4 is 6.72 Å². The fourth-order valence-electron chi connectivity index (χ4n) is 0.804.